The van der Waals surface area contributed by atoms with E-state index in [1.54, 1.807) is 48.4 Å². The van der Waals surface area contributed by atoms with Crippen molar-refractivity contribution >= 4 is 23.2 Å². The summed E-state index contributed by atoms with van der Waals surface area (Å²) in [6, 6.07) is 18.9. The second-order valence-electron chi connectivity index (χ2n) is 10.5. The van der Waals surface area contributed by atoms with Gasteiger partial charge in [0.25, 0.3) is 5.91 Å². The Morgan fingerprint density at radius 1 is 0.946 bits per heavy atom. The van der Waals surface area contributed by atoms with E-state index in [1.165, 1.54) is 12.1 Å². The summed E-state index contributed by atoms with van der Waals surface area (Å²) in [5.74, 6) is 0.0366. The molecule has 0 bridgehead atoms. The minimum atomic E-state index is -0.355. The normalized spacial score (nSPS) is 11.1. The molecule has 3 rings (SSSR count). The molecule has 1 N–H and O–H groups in total. The van der Waals surface area contributed by atoms with Gasteiger partial charge in [-0.25, -0.2) is 4.39 Å². The molecule has 0 spiro atoms. The fraction of sp³-hybridized carbons (Fsp3) is 0.333. The Hall–Kier alpha value is -3.87. The van der Waals surface area contributed by atoms with Crippen molar-refractivity contribution in [3.63, 3.8) is 0 Å². The van der Waals surface area contributed by atoms with Gasteiger partial charge in [-0.3, -0.25) is 9.59 Å². The van der Waals surface area contributed by atoms with Crippen LogP contribution in [0.1, 0.15) is 48.7 Å². The van der Waals surface area contributed by atoms with Crippen LogP contribution in [0.2, 0.25) is 0 Å². The number of hydrogen-bond donors (Lipinski definition) is 1. The number of halogens is 1. The second kappa shape index (κ2) is 11.9. The van der Waals surface area contributed by atoms with Crippen molar-refractivity contribution in [2.75, 3.05) is 31.4 Å². The zero-order valence-corrected chi connectivity index (χ0v) is 22.5. The molecule has 0 aliphatic heterocycles. The quantitative estimate of drug-likeness (QED) is 0.381. The summed E-state index contributed by atoms with van der Waals surface area (Å²) in [6.45, 7) is 6.53. The average molecular weight is 506 g/mol. The Morgan fingerprint density at radius 2 is 1.65 bits per heavy atom. The van der Waals surface area contributed by atoms with E-state index in [1.807, 2.05) is 58.0 Å². The maximum Gasteiger partial charge on any atom is 0.254 e. The zero-order valence-electron chi connectivity index (χ0n) is 22.5. The number of hydrogen-bond acceptors (Lipinski definition) is 4. The lowest BCUT2D eigenvalue weighted by Crippen LogP contribution is -2.31. The minimum absolute atomic E-state index is 0.0676. The lowest BCUT2D eigenvalue weighted by molar-refractivity contribution is -0.117. The molecular formula is C30H36FN3O3. The summed E-state index contributed by atoms with van der Waals surface area (Å²) in [5.41, 5.74) is 3.49. The molecule has 0 heterocycles. The molecule has 0 aliphatic carbocycles. The van der Waals surface area contributed by atoms with Crippen molar-refractivity contribution in [2.45, 2.75) is 40.3 Å². The number of ether oxygens (including phenoxy) is 1. The highest BCUT2D eigenvalue weighted by atomic mass is 19.1. The van der Waals surface area contributed by atoms with Gasteiger partial charge < -0.3 is 19.9 Å². The number of amides is 2. The Labute approximate surface area is 219 Å². The van der Waals surface area contributed by atoms with Crippen LogP contribution in [0.25, 0.3) is 0 Å². The number of rotatable bonds is 9. The molecule has 0 fully saturated rings. The van der Waals surface area contributed by atoms with E-state index in [0.717, 1.165) is 11.3 Å². The molecule has 7 heteroatoms. The van der Waals surface area contributed by atoms with Crippen molar-refractivity contribution in [3.05, 3.63) is 89.2 Å². The highest BCUT2D eigenvalue weighted by Gasteiger charge is 2.21. The molecule has 37 heavy (non-hydrogen) atoms. The van der Waals surface area contributed by atoms with Gasteiger partial charge in [-0.1, -0.05) is 32.9 Å². The lowest BCUT2D eigenvalue weighted by Gasteiger charge is -2.27. The third kappa shape index (κ3) is 8.07. The Kier molecular flexibility index (Phi) is 8.92. The van der Waals surface area contributed by atoms with E-state index in [4.69, 9.17) is 4.74 Å². The van der Waals surface area contributed by atoms with E-state index in [-0.39, 0.29) is 36.1 Å². The van der Waals surface area contributed by atoms with E-state index in [0.29, 0.717) is 29.0 Å². The van der Waals surface area contributed by atoms with Crippen molar-refractivity contribution < 1.29 is 18.7 Å². The third-order valence-corrected chi connectivity index (χ3v) is 5.78. The van der Waals surface area contributed by atoms with Gasteiger partial charge in [0.05, 0.1) is 7.11 Å². The first-order chi connectivity index (χ1) is 17.4. The third-order valence-electron chi connectivity index (χ3n) is 5.78. The predicted molar refractivity (Wildman–Crippen MR) is 146 cm³/mol. The van der Waals surface area contributed by atoms with E-state index in [2.05, 4.69) is 5.32 Å². The fourth-order valence-electron chi connectivity index (χ4n) is 4.09. The first-order valence-corrected chi connectivity index (χ1v) is 12.2. The molecule has 0 saturated heterocycles. The summed E-state index contributed by atoms with van der Waals surface area (Å²) in [6.07, 6.45) is 0.388. The van der Waals surface area contributed by atoms with Crippen LogP contribution >= 0.6 is 0 Å². The smallest absolute Gasteiger partial charge is 0.254 e. The summed E-state index contributed by atoms with van der Waals surface area (Å²) >= 11 is 0. The van der Waals surface area contributed by atoms with Crippen LogP contribution in [0.4, 0.5) is 15.8 Å². The zero-order chi connectivity index (χ0) is 27.2. The fourth-order valence-corrected chi connectivity index (χ4v) is 4.09. The molecule has 3 aromatic rings. The number of carbonyl (C=O) groups excluding carboxylic acids is 2. The molecule has 6 nitrogen and oxygen atoms in total. The molecule has 3 aromatic carbocycles. The molecule has 2 amide bonds. The van der Waals surface area contributed by atoms with Crippen molar-refractivity contribution in [1.82, 2.24) is 4.90 Å². The second-order valence-corrected chi connectivity index (χ2v) is 10.5. The first-order valence-electron chi connectivity index (χ1n) is 12.2. The van der Waals surface area contributed by atoms with Crippen molar-refractivity contribution in [1.29, 1.82) is 0 Å². The molecular weight excluding hydrogens is 469 g/mol. The molecule has 0 aliphatic rings. The van der Waals surface area contributed by atoms with Gasteiger partial charge in [0, 0.05) is 50.5 Å². The van der Waals surface area contributed by atoms with Crippen LogP contribution < -0.4 is 15.0 Å². The van der Waals surface area contributed by atoms with Crippen LogP contribution in [0, 0.1) is 11.2 Å². The van der Waals surface area contributed by atoms with Crippen LogP contribution in [-0.2, 0) is 17.9 Å². The van der Waals surface area contributed by atoms with Gasteiger partial charge in [-0.2, -0.15) is 0 Å². The standard InChI is InChI=1S/C30H36FN3O3/c1-30(2,3)18-28(35)32-25-12-15-27(33(4)5)23(17-25)20-34(19-21-8-7-9-24(31)16-21)29(36)22-10-13-26(37-6)14-11-22/h7-17H,18-20H2,1-6H3,(H,32,35). The minimum Gasteiger partial charge on any atom is -0.497 e. The summed E-state index contributed by atoms with van der Waals surface area (Å²) in [5, 5.41) is 2.98. The number of carbonyl (C=O) groups is 2. The van der Waals surface area contributed by atoms with Gasteiger partial charge >= 0.3 is 0 Å². The maximum absolute atomic E-state index is 13.9. The van der Waals surface area contributed by atoms with Gasteiger partial charge in [-0.15, -0.1) is 0 Å². The Balaban J connectivity index is 1.96. The van der Waals surface area contributed by atoms with Gasteiger partial charge in [-0.05, 0) is 71.1 Å². The van der Waals surface area contributed by atoms with E-state index >= 15 is 0 Å². The molecule has 0 radical (unpaired) electrons. The summed E-state index contributed by atoms with van der Waals surface area (Å²) < 4.78 is 19.2. The Bertz CT molecular complexity index is 1230. The molecule has 0 saturated carbocycles. The highest BCUT2D eigenvalue weighted by molar-refractivity contribution is 5.94. The van der Waals surface area contributed by atoms with Crippen LogP contribution in [-0.4, -0.2) is 37.9 Å². The topological polar surface area (TPSA) is 61.9 Å². The van der Waals surface area contributed by atoms with Crippen LogP contribution in [0.5, 0.6) is 5.75 Å². The number of nitrogens with zero attached hydrogens (tertiary/aromatic N) is 2. The number of benzene rings is 3. The van der Waals surface area contributed by atoms with Crippen molar-refractivity contribution in [2.24, 2.45) is 5.41 Å². The number of methoxy groups -OCH3 is 1. The highest BCUT2D eigenvalue weighted by Crippen LogP contribution is 2.27. The summed E-state index contributed by atoms with van der Waals surface area (Å²) in [4.78, 5) is 29.9. The predicted octanol–water partition coefficient (Wildman–Crippen LogP) is 6.12. The Morgan fingerprint density at radius 3 is 2.24 bits per heavy atom. The molecule has 196 valence electrons. The van der Waals surface area contributed by atoms with E-state index in [9.17, 15) is 14.0 Å². The average Bonchev–Trinajstić information content (AvgIpc) is 2.82. The van der Waals surface area contributed by atoms with Gasteiger partial charge in [0.15, 0.2) is 0 Å². The van der Waals surface area contributed by atoms with E-state index < -0.39 is 0 Å². The monoisotopic (exact) mass is 505 g/mol. The number of nitrogens with one attached hydrogen (secondary N) is 1. The van der Waals surface area contributed by atoms with Crippen LogP contribution in [0.15, 0.2) is 66.7 Å². The summed E-state index contributed by atoms with van der Waals surface area (Å²) in [7, 11) is 5.43. The SMILES string of the molecule is COc1ccc(C(=O)N(Cc2cccc(F)c2)Cc2cc(NC(=O)CC(C)(C)C)ccc2N(C)C)cc1. The van der Waals surface area contributed by atoms with Crippen molar-refractivity contribution in [3.8, 4) is 5.75 Å². The van der Waals surface area contributed by atoms with Gasteiger partial charge in [0.2, 0.25) is 5.91 Å². The van der Waals surface area contributed by atoms with Gasteiger partial charge in [0.1, 0.15) is 11.6 Å². The van der Waals surface area contributed by atoms with Crippen LogP contribution in [0.3, 0.4) is 0 Å². The lowest BCUT2D eigenvalue weighted by atomic mass is 9.92. The molecule has 0 unspecified atom stereocenters. The molecule has 0 aromatic heterocycles. The first kappa shape index (κ1) is 27.7. The largest absolute Gasteiger partial charge is 0.497 e. The number of anilines is 2. The molecule has 0 atom stereocenters. The maximum atomic E-state index is 13.9.